The average molecular weight is 364 g/mol. The van der Waals surface area contributed by atoms with Crippen molar-refractivity contribution >= 4 is 16.5 Å². The van der Waals surface area contributed by atoms with Gasteiger partial charge in [-0.05, 0) is 5.39 Å². The van der Waals surface area contributed by atoms with Crippen LogP contribution >= 0.6 is 0 Å². The van der Waals surface area contributed by atoms with Crippen LogP contribution in [0.3, 0.4) is 0 Å². The molecule has 0 aromatic heterocycles. The van der Waals surface area contributed by atoms with E-state index < -0.39 is 6.04 Å². The molecular weight excluding hydrogens is 344 g/mol. The highest BCUT2D eigenvalue weighted by atomic mass is 16.6. The molecule has 0 spiro atoms. The van der Waals surface area contributed by atoms with Crippen LogP contribution in [-0.4, -0.2) is 41.2 Å². The highest BCUT2D eigenvalue weighted by Gasteiger charge is 2.31. The van der Waals surface area contributed by atoms with Crippen LogP contribution in [0.2, 0.25) is 0 Å². The molecule has 1 fully saturated rings. The maximum atomic E-state index is 11.6. The monoisotopic (exact) mass is 364 g/mol. The van der Waals surface area contributed by atoms with Crippen LogP contribution in [0.5, 0.6) is 5.75 Å². The van der Waals surface area contributed by atoms with E-state index >= 15 is 0 Å². The number of morpholine rings is 1. The number of hydrogen-bond acceptors (Lipinski definition) is 5. The number of fused-ring (bicyclic) bond motifs is 1. The predicted octanol–water partition coefficient (Wildman–Crippen LogP) is 3.88. The Balaban J connectivity index is 1.92. The summed E-state index contributed by atoms with van der Waals surface area (Å²) < 4.78 is 5.46. The molecule has 0 bridgehead atoms. The number of nitro benzene ring substituents is 1. The van der Waals surface area contributed by atoms with E-state index in [1.807, 2.05) is 36.4 Å². The van der Waals surface area contributed by atoms with Crippen LogP contribution in [0.15, 0.2) is 60.7 Å². The second-order valence-electron chi connectivity index (χ2n) is 6.59. The fourth-order valence-corrected chi connectivity index (χ4v) is 3.77. The van der Waals surface area contributed by atoms with Gasteiger partial charge >= 0.3 is 0 Å². The Morgan fingerprint density at radius 1 is 0.963 bits per heavy atom. The van der Waals surface area contributed by atoms with Gasteiger partial charge in [0.25, 0.3) is 5.69 Å². The number of benzene rings is 3. The van der Waals surface area contributed by atoms with Crippen molar-refractivity contribution in [2.45, 2.75) is 6.04 Å². The zero-order chi connectivity index (χ0) is 18.8. The molecule has 3 aromatic rings. The van der Waals surface area contributed by atoms with E-state index in [1.54, 1.807) is 18.2 Å². The normalized spacial score (nSPS) is 16.3. The van der Waals surface area contributed by atoms with E-state index in [0.29, 0.717) is 37.4 Å². The third kappa shape index (κ3) is 3.25. The molecule has 1 saturated heterocycles. The lowest BCUT2D eigenvalue weighted by Gasteiger charge is -2.35. The van der Waals surface area contributed by atoms with Gasteiger partial charge in [0.15, 0.2) is 0 Å². The Morgan fingerprint density at radius 2 is 1.67 bits per heavy atom. The van der Waals surface area contributed by atoms with Gasteiger partial charge in [0.2, 0.25) is 0 Å². The van der Waals surface area contributed by atoms with Crippen molar-refractivity contribution in [1.29, 1.82) is 0 Å². The number of nitrogens with zero attached hydrogens (tertiary/aromatic N) is 2. The SMILES string of the molecule is O=[N+]([O-])c1ccccc1C(c1ccc2ccccc2c1O)N1CCOCC1. The molecular formula is C21H20N2O4. The van der Waals surface area contributed by atoms with E-state index in [2.05, 4.69) is 4.90 Å². The number of rotatable bonds is 4. The molecule has 1 aliphatic heterocycles. The zero-order valence-electron chi connectivity index (χ0n) is 14.7. The first kappa shape index (κ1) is 17.5. The molecule has 27 heavy (non-hydrogen) atoms. The van der Waals surface area contributed by atoms with Crippen LogP contribution in [0, 0.1) is 10.1 Å². The van der Waals surface area contributed by atoms with Crippen molar-refractivity contribution in [1.82, 2.24) is 4.90 Å². The minimum atomic E-state index is -0.417. The third-order valence-corrected chi connectivity index (χ3v) is 5.07. The third-order valence-electron chi connectivity index (χ3n) is 5.07. The van der Waals surface area contributed by atoms with E-state index in [1.165, 1.54) is 6.07 Å². The Hall–Kier alpha value is -2.96. The number of phenolic OH excluding ortho intramolecular Hbond substituents is 1. The van der Waals surface area contributed by atoms with Crippen molar-refractivity contribution in [2.24, 2.45) is 0 Å². The lowest BCUT2D eigenvalue weighted by Crippen LogP contribution is -2.39. The molecule has 1 aliphatic rings. The number of phenols is 1. The van der Waals surface area contributed by atoms with Gasteiger partial charge in [-0.2, -0.15) is 0 Å². The topological polar surface area (TPSA) is 75.8 Å². The molecule has 6 heteroatoms. The first-order valence-corrected chi connectivity index (χ1v) is 8.92. The number of para-hydroxylation sites is 1. The summed E-state index contributed by atoms with van der Waals surface area (Å²) in [5.74, 6) is 0.169. The van der Waals surface area contributed by atoms with E-state index in [4.69, 9.17) is 4.74 Å². The molecule has 1 N–H and O–H groups in total. The average Bonchev–Trinajstić information content (AvgIpc) is 2.71. The van der Waals surface area contributed by atoms with E-state index in [-0.39, 0.29) is 16.4 Å². The first-order chi connectivity index (χ1) is 13.2. The van der Waals surface area contributed by atoms with Crippen LogP contribution in [0.1, 0.15) is 17.2 Å². The second kappa shape index (κ2) is 7.34. The quantitative estimate of drug-likeness (QED) is 0.562. The summed E-state index contributed by atoms with van der Waals surface area (Å²) in [6, 6.07) is 17.8. The molecule has 138 valence electrons. The molecule has 4 rings (SSSR count). The standard InChI is InChI=1S/C21H20N2O4/c24-21-16-6-2-1-5-15(16)9-10-18(21)20(22-11-13-27-14-12-22)17-7-3-4-8-19(17)23(25)26/h1-10,20,24H,11-14H2. The Labute approximate surface area is 156 Å². The number of nitro groups is 1. The molecule has 1 heterocycles. The zero-order valence-corrected chi connectivity index (χ0v) is 14.7. The Kier molecular flexibility index (Phi) is 4.75. The highest BCUT2D eigenvalue weighted by Crippen LogP contribution is 2.41. The minimum absolute atomic E-state index is 0.0570. The first-order valence-electron chi connectivity index (χ1n) is 8.92. The van der Waals surface area contributed by atoms with E-state index in [9.17, 15) is 15.2 Å². The van der Waals surface area contributed by atoms with Crippen molar-refractivity contribution in [3.63, 3.8) is 0 Å². The Bertz CT molecular complexity index is 983. The Morgan fingerprint density at radius 3 is 2.44 bits per heavy atom. The van der Waals surface area contributed by atoms with Crippen molar-refractivity contribution in [2.75, 3.05) is 26.3 Å². The van der Waals surface area contributed by atoms with Crippen molar-refractivity contribution < 1.29 is 14.8 Å². The molecule has 0 amide bonds. The minimum Gasteiger partial charge on any atom is -0.507 e. The van der Waals surface area contributed by atoms with Crippen molar-refractivity contribution in [3.8, 4) is 5.75 Å². The summed E-state index contributed by atoms with van der Waals surface area (Å²) in [7, 11) is 0. The van der Waals surface area contributed by atoms with Gasteiger partial charge in [-0.1, -0.05) is 54.6 Å². The molecule has 1 unspecified atom stereocenters. The van der Waals surface area contributed by atoms with Crippen LogP contribution in [-0.2, 0) is 4.74 Å². The van der Waals surface area contributed by atoms with Gasteiger partial charge in [0.1, 0.15) is 5.75 Å². The fraction of sp³-hybridized carbons (Fsp3) is 0.238. The van der Waals surface area contributed by atoms with Gasteiger partial charge in [-0.25, -0.2) is 0 Å². The maximum Gasteiger partial charge on any atom is 0.274 e. The summed E-state index contributed by atoms with van der Waals surface area (Å²) in [6.45, 7) is 2.41. The summed E-state index contributed by atoms with van der Waals surface area (Å²) in [4.78, 5) is 13.4. The molecule has 1 atom stereocenters. The van der Waals surface area contributed by atoms with Crippen molar-refractivity contribution in [3.05, 3.63) is 81.9 Å². The summed E-state index contributed by atoms with van der Waals surface area (Å²) in [5, 5.41) is 24.3. The number of hydrogen-bond donors (Lipinski definition) is 1. The fourth-order valence-electron chi connectivity index (χ4n) is 3.77. The van der Waals surface area contributed by atoms with E-state index in [0.717, 1.165) is 10.8 Å². The van der Waals surface area contributed by atoms with Gasteiger partial charge in [0.05, 0.1) is 29.7 Å². The maximum absolute atomic E-state index is 11.6. The molecule has 0 aliphatic carbocycles. The van der Waals surface area contributed by atoms with Gasteiger partial charge in [0, 0.05) is 30.1 Å². The number of ether oxygens (including phenoxy) is 1. The van der Waals surface area contributed by atoms with Gasteiger partial charge in [-0.15, -0.1) is 0 Å². The lowest BCUT2D eigenvalue weighted by atomic mass is 9.92. The largest absolute Gasteiger partial charge is 0.507 e. The summed E-state index contributed by atoms with van der Waals surface area (Å²) in [6.07, 6.45) is 0. The van der Waals surface area contributed by atoms with Crippen LogP contribution in [0.4, 0.5) is 5.69 Å². The van der Waals surface area contributed by atoms with Gasteiger partial charge in [-0.3, -0.25) is 15.0 Å². The molecule has 0 saturated carbocycles. The number of aromatic hydroxyl groups is 1. The summed E-state index contributed by atoms with van der Waals surface area (Å²) in [5.41, 5.74) is 1.31. The molecule has 6 nitrogen and oxygen atoms in total. The molecule has 0 radical (unpaired) electrons. The molecule has 3 aromatic carbocycles. The predicted molar refractivity (Wildman–Crippen MR) is 103 cm³/mol. The highest BCUT2D eigenvalue weighted by molar-refractivity contribution is 5.89. The van der Waals surface area contributed by atoms with Crippen LogP contribution < -0.4 is 0 Å². The lowest BCUT2D eigenvalue weighted by molar-refractivity contribution is -0.385. The smallest absolute Gasteiger partial charge is 0.274 e. The second-order valence-corrected chi connectivity index (χ2v) is 6.59. The van der Waals surface area contributed by atoms with Gasteiger partial charge < -0.3 is 9.84 Å². The van der Waals surface area contributed by atoms with Crippen LogP contribution in [0.25, 0.3) is 10.8 Å². The summed E-state index contributed by atoms with van der Waals surface area (Å²) >= 11 is 0.